The molecule has 0 bridgehead atoms. The average molecular weight is 350 g/mol. The summed E-state index contributed by atoms with van der Waals surface area (Å²) >= 11 is 0. The van der Waals surface area contributed by atoms with E-state index in [1.807, 2.05) is 31.5 Å². The molecule has 0 radical (unpaired) electrons. The van der Waals surface area contributed by atoms with Gasteiger partial charge in [0.2, 0.25) is 0 Å². The van der Waals surface area contributed by atoms with Crippen LogP contribution in [0.4, 0.5) is 11.5 Å². The lowest BCUT2D eigenvalue weighted by atomic mass is 10.1. The maximum Gasteiger partial charge on any atom is 0.172 e. The number of nitrogen functional groups attached to an aromatic ring is 1. The second-order valence-electron chi connectivity index (χ2n) is 5.92. The van der Waals surface area contributed by atoms with E-state index < -0.39 is 0 Å². The van der Waals surface area contributed by atoms with E-state index in [1.54, 1.807) is 10.9 Å². The van der Waals surface area contributed by atoms with Crippen LogP contribution < -0.4 is 11.2 Å². The molecule has 134 valence electrons. The van der Waals surface area contributed by atoms with Crippen molar-refractivity contribution >= 4 is 17.7 Å². The highest BCUT2D eigenvalue weighted by molar-refractivity contribution is 5.85. The molecule has 8 nitrogen and oxygen atoms in total. The summed E-state index contributed by atoms with van der Waals surface area (Å²) < 4.78 is 0. The molecule has 3 aromatic rings. The van der Waals surface area contributed by atoms with E-state index in [1.165, 1.54) is 6.21 Å². The Labute approximate surface area is 152 Å². The molecule has 0 amide bonds. The number of benzene rings is 1. The number of anilines is 2. The van der Waals surface area contributed by atoms with Crippen molar-refractivity contribution in [1.82, 2.24) is 25.1 Å². The Morgan fingerprint density at radius 1 is 1.19 bits per heavy atom. The third-order valence-corrected chi connectivity index (χ3v) is 4.07. The summed E-state index contributed by atoms with van der Waals surface area (Å²) in [6.45, 7) is 4.09. The highest BCUT2D eigenvalue weighted by Crippen LogP contribution is 2.16. The van der Waals surface area contributed by atoms with Crippen molar-refractivity contribution in [1.29, 1.82) is 5.41 Å². The Bertz CT molecular complexity index is 915. The molecule has 26 heavy (non-hydrogen) atoms. The summed E-state index contributed by atoms with van der Waals surface area (Å²) in [6.07, 6.45) is 7.13. The van der Waals surface area contributed by atoms with Crippen LogP contribution in [0.1, 0.15) is 42.1 Å². The molecule has 0 saturated heterocycles. The third kappa shape index (κ3) is 3.85. The number of nitrogens with zero attached hydrogens (tertiary/aromatic N) is 5. The molecule has 0 fully saturated rings. The van der Waals surface area contributed by atoms with Crippen LogP contribution in [-0.4, -0.2) is 31.3 Å². The molecule has 1 aromatic carbocycles. The van der Waals surface area contributed by atoms with Gasteiger partial charge in [-0.15, -0.1) is 10.2 Å². The van der Waals surface area contributed by atoms with E-state index in [-0.39, 0.29) is 0 Å². The van der Waals surface area contributed by atoms with Gasteiger partial charge >= 0.3 is 0 Å². The van der Waals surface area contributed by atoms with Gasteiger partial charge in [0.05, 0.1) is 12.4 Å². The van der Waals surface area contributed by atoms with Crippen molar-refractivity contribution in [3.05, 3.63) is 58.8 Å². The monoisotopic (exact) mass is 350 g/mol. The maximum absolute atomic E-state index is 7.42. The average Bonchev–Trinajstić information content (AvgIpc) is 3.11. The van der Waals surface area contributed by atoms with Gasteiger partial charge in [-0.05, 0) is 36.1 Å². The zero-order valence-electron chi connectivity index (χ0n) is 14.9. The quantitative estimate of drug-likeness (QED) is 0.444. The molecule has 2 aromatic heterocycles. The molecule has 0 atom stereocenters. The van der Waals surface area contributed by atoms with E-state index in [4.69, 9.17) is 11.1 Å². The van der Waals surface area contributed by atoms with Crippen LogP contribution in [0.2, 0.25) is 0 Å². The molecule has 0 aliphatic rings. The van der Waals surface area contributed by atoms with Crippen molar-refractivity contribution < 1.29 is 0 Å². The van der Waals surface area contributed by atoms with E-state index in [9.17, 15) is 0 Å². The molecule has 8 heteroatoms. The lowest BCUT2D eigenvalue weighted by molar-refractivity contribution is 0.758. The van der Waals surface area contributed by atoms with Crippen molar-refractivity contribution in [3.63, 3.8) is 0 Å². The summed E-state index contributed by atoms with van der Waals surface area (Å²) in [6, 6.07) is 5.57. The Morgan fingerprint density at radius 2 is 2.04 bits per heavy atom. The summed E-state index contributed by atoms with van der Waals surface area (Å²) in [4.78, 5) is 6.25. The van der Waals surface area contributed by atoms with E-state index in [0.717, 1.165) is 23.2 Å². The van der Waals surface area contributed by atoms with Gasteiger partial charge in [-0.2, -0.15) is 9.89 Å². The highest BCUT2D eigenvalue weighted by atomic mass is 15.6. The minimum atomic E-state index is 0.506. The summed E-state index contributed by atoms with van der Waals surface area (Å²) in [5, 5.41) is 20.2. The number of aromatic nitrogens is 5. The molecular weight excluding hydrogens is 328 g/mol. The number of rotatable bonds is 7. The highest BCUT2D eigenvalue weighted by Gasteiger charge is 2.10. The SMILES string of the molecule is CCc1cnn(Nc2nc(Cc3ccc(N)c(C=N)c3)nnc2CC)c1. The van der Waals surface area contributed by atoms with Gasteiger partial charge in [-0.1, -0.05) is 19.9 Å². The number of hydrogen-bond acceptors (Lipinski definition) is 7. The second-order valence-corrected chi connectivity index (χ2v) is 5.92. The zero-order valence-corrected chi connectivity index (χ0v) is 14.9. The Morgan fingerprint density at radius 3 is 2.73 bits per heavy atom. The topological polar surface area (TPSA) is 118 Å². The minimum absolute atomic E-state index is 0.506. The van der Waals surface area contributed by atoms with E-state index >= 15 is 0 Å². The number of nitrogens with two attached hydrogens (primary N) is 1. The number of nitrogens with one attached hydrogen (secondary N) is 2. The van der Waals surface area contributed by atoms with Gasteiger partial charge in [0, 0.05) is 23.9 Å². The first-order valence-electron chi connectivity index (χ1n) is 8.54. The molecule has 0 spiro atoms. The van der Waals surface area contributed by atoms with Crippen LogP contribution in [0.5, 0.6) is 0 Å². The first-order chi connectivity index (χ1) is 12.6. The van der Waals surface area contributed by atoms with Crippen LogP contribution in [0.3, 0.4) is 0 Å². The van der Waals surface area contributed by atoms with Gasteiger partial charge in [0.1, 0.15) is 5.69 Å². The summed E-state index contributed by atoms with van der Waals surface area (Å²) in [5.74, 6) is 1.24. The second kappa shape index (κ2) is 7.73. The lowest BCUT2D eigenvalue weighted by Crippen LogP contribution is -2.15. The number of hydrogen-bond donors (Lipinski definition) is 3. The Balaban J connectivity index is 1.85. The smallest absolute Gasteiger partial charge is 0.172 e. The van der Waals surface area contributed by atoms with Gasteiger partial charge in [-0.25, -0.2) is 4.98 Å². The summed E-state index contributed by atoms with van der Waals surface area (Å²) in [7, 11) is 0. The molecule has 4 N–H and O–H groups in total. The summed E-state index contributed by atoms with van der Waals surface area (Å²) in [5.41, 5.74) is 13.2. The first-order valence-corrected chi connectivity index (χ1v) is 8.54. The van der Waals surface area contributed by atoms with Crippen molar-refractivity contribution in [3.8, 4) is 0 Å². The van der Waals surface area contributed by atoms with Crippen LogP contribution >= 0.6 is 0 Å². The molecular formula is C18H22N8. The minimum Gasteiger partial charge on any atom is -0.398 e. The van der Waals surface area contributed by atoms with Crippen LogP contribution in [0.15, 0.2) is 30.6 Å². The molecule has 0 unspecified atom stereocenters. The molecule has 3 rings (SSSR count). The van der Waals surface area contributed by atoms with E-state index in [2.05, 4.69) is 32.6 Å². The first kappa shape index (κ1) is 17.5. The number of aryl methyl sites for hydroxylation is 2. The van der Waals surface area contributed by atoms with Crippen LogP contribution in [0.25, 0.3) is 0 Å². The normalized spacial score (nSPS) is 10.7. The van der Waals surface area contributed by atoms with Gasteiger partial charge < -0.3 is 11.1 Å². The third-order valence-electron chi connectivity index (χ3n) is 4.07. The van der Waals surface area contributed by atoms with Gasteiger partial charge in [-0.3, -0.25) is 5.43 Å². The molecule has 0 saturated carbocycles. The van der Waals surface area contributed by atoms with Crippen molar-refractivity contribution in [2.45, 2.75) is 33.1 Å². The molecule has 0 aliphatic heterocycles. The van der Waals surface area contributed by atoms with Crippen LogP contribution in [0, 0.1) is 5.41 Å². The van der Waals surface area contributed by atoms with E-state index in [0.29, 0.717) is 35.7 Å². The predicted molar refractivity (Wildman–Crippen MR) is 101 cm³/mol. The fourth-order valence-electron chi connectivity index (χ4n) is 2.54. The van der Waals surface area contributed by atoms with Gasteiger partial charge in [0.25, 0.3) is 0 Å². The lowest BCUT2D eigenvalue weighted by Gasteiger charge is -2.10. The standard InChI is InChI=1S/C18H22N8/c1-3-12-10-21-26(11-12)25-18-16(4-2)23-24-17(22-18)8-13-5-6-15(20)14(7-13)9-19/h5-7,9-11,19H,3-4,8,20H2,1-2H3,(H,22,24,25). The zero-order chi connectivity index (χ0) is 18.5. The molecule has 0 aliphatic carbocycles. The van der Waals surface area contributed by atoms with Crippen LogP contribution in [-0.2, 0) is 19.3 Å². The fraction of sp³-hybridized carbons (Fsp3) is 0.278. The largest absolute Gasteiger partial charge is 0.398 e. The Kier molecular flexibility index (Phi) is 5.21. The van der Waals surface area contributed by atoms with Crippen molar-refractivity contribution in [2.24, 2.45) is 0 Å². The van der Waals surface area contributed by atoms with Gasteiger partial charge in [0.15, 0.2) is 11.6 Å². The molecule has 2 heterocycles. The van der Waals surface area contributed by atoms with Crippen molar-refractivity contribution in [2.75, 3.05) is 11.2 Å². The maximum atomic E-state index is 7.42. The fourth-order valence-corrected chi connectivity index (χ4v) is 2.54. The predicted octanol–water partition coefficient (Wildman–Crippen LogP) is 2.24. The Hall–Kier alpha value is -3.29.